The number of hydrogen-bond acceptors (Lipinski definition) is 2. The first-order valence-electron chi connectivity index (χ1n) is 5.80. The summed E-state index contributed by atoms with van der Waals surface area (Å²) in [6.45, 7) is 4.67. The summed E-state index contributed by atoms with van der Waals surface area (Å²) in [5.74, 6) is 0.921. The van der Waals surface area contributed by atoms with Crippen molar-refractivity contribution in [3.63, 3.8) is 0 Å². The van der Waals surface area contributed by atoms with Crippen molar-refractivity contribution in [2.45, 2.75) is 20.5 Å². The van der Waals surface area contributed by atoms with Crippen molar-refractivity contribution in [1.82, 2.24) is 0 Å². The molecule has 0 aromatic heterocycles. The molecule has 0 aliphatic heterocycles. The van der Waals surface area contributed by atoms with Gasteiger partial charge in [0, 0.05) is 15.7 Å². The number of rotatable bonds is 3. The Morgan fingerprint density at radius 3 is 2.56 bits per heavy atom. The third kappa shape index (κ3) is 3.05. The highest BCUT2D eigenvalue weighted by molar-refractivity contribution is 9.10. The standard InChI is InChI=1S/C15H16BrNO/c1-10-3-6-15(11(2)7-10)18-9-12-4-5-13(17)8-14(12)16/h3-8H,9,17H2,1-2H3. The summed E-state index contributed by atoms with van der Waals surface area (Å²) in [5.41, 5.74) is 9.94. The van der Waals surface area contributed by atoms with Gasteiger partial charge in [-0.05, 0) is 37.6 Å². The van der Waals surface area contributed by atoms with Crippen LogP contribution in [0, 0.1) is 13.8 Å². The molecule has 0 heterocycles. The SMILES string of the molecule is Cc1ccc(OCc2ccc(N)cc2Br)c(C)c1. The van der Waals surface area contributed by atoms with Gasteiger partial charge in [0.2, 0.25) is 0 Å². The lowest BCUT2D eigenvalue weighted by Crippen LogP contribution is -1.99. The van der Waals surface area contributed by atoms with E-state index in [1.54, 1.807) is 0 Å². The second kappa shape index (κ2) is 5.44. The molecule has 0 atom stereocenters. The van der Waals surface area contributed by atoms with Crippen LogP contribution >= 0.6 is 15.9 Å². The number of halogens is 1. The van der Waals surface area contributed by atoms with Gasteiger partial charge in [-0.25, -0.2) is 0 Å². The molecule has 18 heavy (non-hydrogen) atoms. The van der Waals surface area contributed by atoms with E-state index in [4.69, 9.17) is 10.5 Å². The van der Waals surface area contributed by atoms with Gasteiger partial charge in [-0.15, -0.1) is 0 Å². The number of anilines is 1. The first-order valence-corrected chi connectivity index (χ1v) is 6.59. The van der Waals surface area contributed by atoms with E-state index < -0.39 is 0 Å². The van der Waals surface area contributed by atoms with Crippen molar-refractivity contribution in [1.29, 1.82) is 0 Å². The van der Waals surface area contributed by atoms with Crippen LogP contribution in [0.5, 0.6) is 5.75 Å². The topological polar surface area (TPSA) is 35.2 Å². The smallest absolute Gasteiger partial charge is 0.122 e. The summed E-state index contributed by atoms with van der Waals surface area (Å²) in [6.07, 6.45) is 0. The fourth-order valence-electron chi connectivity index (χ4n) is 1.80. The predicted molar refractivity (Wildman–Crippen MR) is 78.8 cm³/mol. The van der Waals surface area contributed by atoms with Crippen LogP contribution in [0.25, 0.3) is 0 Å². The van der Waals surface area contributed by atoms with E-state index in [0.717, 1.165) is 27.0 Å². The maximum atomic E-state index is 5.83. The molecule has 2 aromatic rings. The number of nitrogen functional groups attached to an aromatic ring is 1. The van der Waals surface area contributed by atoms with E-state index in [1.165, 1.54) is 5.56 Å². The van der Waals surface area contributed by atoms with Crippen LogP contribution in [-0.4, -0.2) is 0 Å². The van der Waals surface area contributed by atoms with Crippen LogP contribution in [0.3, 0.4) is 0 Å². The molecule has 0 aliphatic rings. The molecule has 94 valence electrons. The van der Waals surface area contributed by atoms with Crippen molar-refractivity contribution in [3.05, 3.63) is 57.6 Å². The van der Waals surface area contributed by atoms with Crippen LogP contribution in [0.1, 0.15) is 16.7 Å². The predicted octanol–water partition coefficient (Wildman–Crippen LogP) is 4.23. The highest BCUT2D eigenvalue weighted by Crippen LogP contribution is 2.24. The van der Waals surface area contributed by atoms with Crippen molar-refractivity contribution in [2.24, 2.45) is 0 Å². The lowest BCUT2D eigenvalue weighted by atomic mass is 10.1. The summed E-state index contributed by atoms with van der Waals surface area (Å²) in [5, 5.41) is 0. The maximum absolute atomic E-state index is 5.83. The van der Waals surface area contributed by atoms with Crippen LogP contribution in [0.15, 0.2) is 40.9 Å². The normalized spacial score (nSPS) is 10.4. The summed E-state index contributed by atoms with van der Waals surface area (Å²) in [4.78, 5) is 0. The van der Waals surface area contributed by atoms with E-state index in [1.807, 2.05) is 24.3 Å². The first kappa shape index (κ1) is 13.0. The first-order chi connectivity index (χ1) is 8.56. The lowest BCUT2D eigenvalue weighted by Gasteiger charge is -2.11. The van der Waals surface area contributed by atoms with Gasteiger partial charge in [-0.2, -0.15) is 0 Å². The molecule has 2 aromatic carbocycles. The Balaban J connectivity index is 2.11. The molecule has 0 saturated carbocycles. The van der Waals surface area contributed by atoms with E-state index in [0.29, 0.717) is 6.61 Å². The molecule has 0 spiro atoms. The Morgan fingerprint density at radius 1 is 1.11 bits per heavy atom. The van der Waals surface area contributed by atoms with Gasteiger partial charge < -0.3 is 10.5 Å². The van der Waals surface area contributed by atoms with Crippen molar-refractivity contribution >= 4 is 21.6 Å². The van der Waals surface area contributed by atoms with Gasteiger partial charge in [-0.3, -0.25) is 0 Å². The number of hydrogen-bond donors (Lipinski definition) is 1. The molecule has 0 unspecified atom stereocenters. The van der Waals surface area contributed by atoms with Gasteiger partial charge in [0.1, 0.15) is 12.4 Å². The zero-order valence-electron chi connectivity index (χ0n) is 10.5. The highest BCUT2D eigenvalue weighted by atomic mass is 79.9. The molecule has 2 rings (SSSR count). The molecule has 2 nitrogen and oxygen atoms in total. The van der Waals surface area contributed by atoms with E-state index in [2.05, 4.69) is 41.9 Å². The van der Waals surface area contributed by atoms with Gasteiger partial charge in [0.25, 0.3) is 0 Å². The summed E-state index contributed by atoms with van der Waals surface area (Å²) in [6, 6.07) is 11.9. The molecular formula is C15H16BrNO. The fraction of sp³-hybridized carbons (Fsp3) is 0.200. The number of benzene rings is 2. The zero-order valence-corrected chi connectivity index (χ0v) is 12.1. The van der Waals surface area contributed by atoms with Gasteiger partial charge in [0.15, 0.2) is 0 Å². The Bertz CT molecular complexity index is 515. The summed E-state index contributed by atoms with van der Waals surface area (Å²) < 4.78 is 6.81. The molecule has 0 fully saturated rings. The Kier molecular flexibility index (Phi) is 3.92. The third-order valence-corrected chi connectivity index (χ3v) is 3.53. The minimum absolute atomic E-state index is 0.533. The highest BCUT2D eigenvalue weighted by Gasteiger charge is 2.03. The van der Waals surface area contributed by atoms with Gasteiger partial charge >= 0.3 is 0 Å². The Labute approximate surface area is 116 Å². The minimum Gasteiger partial charge on any atom is -0.489 e. The van der Waals surface area contributed by atoms with Gasteiger partial charge in [0.05, 0.1) is 0 Å². The summed E-state index contributed by atoms with van der Waals surface area (Å²) in [7, 11) is 0. The second-order valence-corrected chi connectivity index (χ2v) is 5.26. The lowest BCUT2D eigenvalue weighted by molar-refractivity contribution is 0.303. The quantitative estimate of drug-likeness (QED) is 0.861. The molecule has 2 N–H and O–H groups in total. The number of nitrogens with two attached hydrogens (primary N) is 1. The van der Waals surface area contributed by atoms with E-state index in [-0.39, 0.29) is 0 Å². The zero-order chi connectivity index (χ0) is 13.1. The average Bonchev–Trinajstić information content (AvgIpc) is 2.30. The monoisotopic (exact) mass is 305 g/mol. The Hall–Kier alpha value is -1.48. The molecule has 0 saturated heterocycles. The largest absolute Gasteiger partial charge is 0.489 e. The molecule has 0 amide bonds. The third-order valence-electron chi connectivity index (χ3n) is 2.79. The van der Waals surface area contributed by atoms with Crippen molar-refractivity contribution < 1.29 is 4.74 Å². The number of aryl methyl sites for hydroxylation is 2. The molecule has 0 aliphatic carbocycles. The van der Waals surface area contributed by atoms with Crippen LogP contribution in [-0.2, 0) is 6.61 Å². The van der Waals surface area contributed by atoms with Crippen LogP contribution < -0.4 is 10.5 Å². The molecule has 3 heteroatoms. The van der Waals surface area contributed by atoms with Crippen molar-refractivity contribution in [3.8, 4) is 5.75 Å². The van der Waals surface area contributed by atoms with Crippen LogP contribution in [0.4, 0.5) is 5.69 Å². The van der Waals surface area contributed by atoms with E-state index >= 15 is 0 Å². The average molecular weight is 306 g/mol. The second-order valence-electron chi connectivity index (χ2n) is 4.41. The van der Waals surface area contributed by atoms with Crippen molar-refractivity contribution in [2.75, 3.05) is 5.73 Å². The molecule has 0 radical (unpaired) electrons. The maximum Gasteiger partial charge on any atom is 0.122 e. The van der Waals surface area contributed by atoms with Crippen LogP contribution in [0.2, 0.25) is 0 Å². The number of ether oxygens (including phenoxy) is 1. The fourth-order valence-corrected chi connectivity index (χ4v) is 2.31. The van der Waals surface area contributed by atoms with E-state index in [9.17, 15) is 0 Å². The Morgan fingerprint density at radius 2 is 1.89 bits per heavy atom. The molecular weight excluding hydrogens is 290 g/mol. The molecule has 0 bridgehead atoms. The minimum atomic E-state index is 0.533. The van der Waals surface area contributed by atoms with Gasteiger partial charge in [-0.1, -0.05) is 39.7 Å². The summed E-state index contributed by atoms with van der Waals surface area (Å²) >= 11 is 3.49.